The van der Waals surface area contributed by atoms with Crippen LogP contribution in [0.1, 0.15) is 44.1 Å². The predicted octanol–water partition coefficient (Wildman–Crippen LogP) is 3.86. The van der Waals surface area contributed by atoms with Crippen molar-refractivity contribution in [2.24, 2.45) is 0 Å². The van der Waals surface area contributed by atoms with Gasteiger partial charge in [0.05, 0.1) is 11.3 Å². The van der Waals surface area contributed by atoms with E-state index < -0.39 is 0 Å². The number of benzene rings is 1. The fourth-order valence-corrected chi connectivity index (χ4v) is 2.75. The van der Waals surface area contributed by atoms with Gasteiger partial charge in [-0.25, -0.2) is 4.39 Å². The molecule has 18 heavy (non-hydrogen) atoms. The fraction of sp³-hybridized carbons (Fsp3) is 0.533. The van der Waals surface area contributed by atoms with Crippen LogP contribution in [0.15, 0.2) is 18.2 Å². The molecule has 0 aliphatic heterocycles. The third kappa shape index (κ3) is 2.81. The molecule has 0 aromatic heterocycles. The quantitative estimate of drug-likeness (QED) is 0.741. The van der Waals surface area contributed by atoms with Crippen molar-refractivity contribution >= 4 is 5.69 Å². The van der Waals surface area contributed by atoms with Crippen LogP contribution in [0.3, 0.4) is 0 Å². The molecule has 0 unspecified atom stereocenters. The SMILES string of the molecule is CN(c1ccc(F)cc1C#N)C1CCCCCC1. The van der Waals surface area contributed by atoms with Gasteiger partial charge in [0.1, 0.15) is 11.9 Å². The minimum absolute atomic E-state index is 0.343. The predicted molar refractivity (Wildman–Crippen MR) is 71.0 cm³/mol. The van der Waals surface area contributed by atoms with E-state index >= 15 is 0 Å². The molecule has 1 aromatic carbocycles. The Kier molecular flexibility index (Phi) is 4.19. The zero-order chi connectivity index (χ0) is 13.0. The van der Waals surface area contributed by atoms with E-state index in [0.717, 1.165) is 5.69 Å². The molecule has 0 atom stereocenters. The van der Waals surface area contributed by atoms with Gasteiger partial charge in [-0.3, -0.25) is 0 Å². The number of nitriles is 1. The van der Waals surface area contributed by atoms with Crippen LogP contribution in [0.2, 0.25) is 0 Å². The molecule has 0 radical (unpaired) electrons. The van der Waals surface area contributed by atoms with E-state index in [0.29, 0.717) is 11.6 Å². The minimum Gasteiger partial charge on any atom is -0.371 e. The van der Waals surface area contributed by atoms with Gasteiger partial charge in [-0.15, -0.1) is 0 Å². The van der Waals surface area contributed by atoms with Crippen LogP contribution in [0.4, 0.5) is 10.1 Å². The summed E-state index contributed by atoms with van der Waals surface area (Å²) in [6, 6.07) is 7.04. The van der Waals surface area contributed by atoms with Gasteiger partial charge in [0.25, 0.3) is 0 Å². The van der Waals surface area contributed by atoms with Crippen LogP contribution < -0.4 is 4.90 Å². The maximum atomic E-state index is 13.1. The van der Waals surface area contributed by atoms with Gasteiger partial charge in [0, 0.05) is 13.1 Å². The summed E-state index contributed by atoms with van der Waals surface area (Å²) in [7, 11) is 2.02. The molecule has 1 aliphatic rings. The number of rotatable bonds is 2. The number of nitrogens with zero attached hydrogens (tertiary/aromatic N) is 2. The van der Waals surface area contributed by atoms with Crippen molar-refractivity contribution in [3.63, 3.8) is 0 Å². The van der Waals surface area contributed by atoms with Crippen LogP contribution >= 0.6 is 0 Å². The van der Waals surface area contributed by atoms with Crippen molar-refractivity contribution in [1.82, 2.24) is 0 Å². The van der Waals surface area contributed by atoms with Crippen molar-refractivity contribution in [3.8, 4) is 6.07 Å². The maximum Gasteiger partial charge on any atom is 0.124 e. The fourth-order valence-electron chi connectivity index (χ4n) is 2.75. The second-order valence-corrected chi connectivity index (χ2v) is 5.03. The van der Waals surface area contributed by atoms with Crippen LogP contribution in [0.25, 0.3) is 0 Å². The molecule has 0 heterocycles. The summed E-state index contributed by atoms with van der Waals surface area (Å²) >= 11 is 0. The van der Waals surface area contributed by atoms with Gasteiger partial charge >= 0.3 is 0 Å². The molecular weight excluding hydrogens is 227 g/mol. The normalized spacial score (nSPS) is 16.9. The lowest BCUT2D eigenvalue weighted by Gasteiger charge is -2.30. The van der Waals surface area contributed by atoms with E-state index in [1.165, 1.54) is 50.7 Å². The smallest absolute Gasteiger partial charge is 0.124 e. The molecule has 96 valence electrons. The Morgan fingerprint density at radius 1 is 1.22 bits per heavy atom. The molecule has 1 aromatic rings. The first-order valence-electron chi connectivity index (χ1n) is 6.65. The monoisotopic (exact) mass is 246 g/mol. The topological polar surface area (TPSA) is 27.0 Å². The molecule has 1 aliphatic carbocycles. The minimum atomic E-state index is -0.343. The Balaban J connectivity index is 2.22. The summed E-state index contributed by atoms with van der Waals surface area (Å²) < 4.78 is 13.1. The summed E-state index contributed by atoms with van der Waals surface area (Å²) in [6.45, 7) is 0. The summed E-state index contributed by atoms with van der Waals surface area (Å²) in [5, 5.41) is 9.10. The molecule has 2 rings (SSSR count). The summed E-state index contributed by atoms with van der Waals surface area (Å²) in [5.74, 6) is -0.343. The lowest BCUT2D eigenvalue weighted by atomic mass is 10.1. The van der Waals surface area contributed by atoms with Crippen LogP contribution in [-0.2, 0) is 0 Å². The standard InChI is InChI=1S/C15H19FN2/c1-18(14-6-4-2-3-5-7-14)15-9-8-13(16)10-12(15)11-17/h8-10,14H,2-7H2,1H3. The lowest BCUT2D eigenvalue weighted by molar-refractivity contribution is 0.552. The zero-order valence-electron chi connectivity index (χ0n) is 10.8. The molecule has 1 fully saturated rings. The summed E-state index contributed by atoms with van der Waals surface area (Å²) in [5.41, 5.74) is 1.28. The Morgan fingerprint density at radius 2 is 1.89 bits per heavy atom. The average Bonchev–Trinajstić information content (AvgIpc) is 2.66. The van der Waals surface area contributed by atoms with Gasteiger partial charge in [-0.2, -0.15) is 5.26 Å². The Morgan fingerprint density at radius 3 is 2.50 bits per heavy atom. The molecule has 2 nitrogen and oxygen atoms in total. The Bertz CT molecular complexity index is 442. The van der Waals surface area contributed by atoms with Gasteiger partial charge < -0.3 is 4.90 Å². The number of anilines is 1. The van der Waals surface area contributed by atoms with Crippen molar-refractivity contribution < 1.29 is 4.39 Å². The van der Waals surface area contributed by atoms with E-state index in [-0.39, 0.29) is 5.82 Å². The Hall–Kier alpha value is -1.56. The first-order chi connectivity index (χ1) is 8.72. The molecule has 0 bridgehead atoms. The molecule has 0 spiro atoms. The molecular formula is C15H19FN2. The van der Waals surface area contributed by atoms with Crippen LogP contribution in [0.5, 0.6) is 0 Å². The van der Waals surface area contributed by atoms with E-state index in [1.54, 1.807) is 6.07 Å². The highest BCUT2D eigenvalue weighted by molar-refractivity contribution is 5.59. The largest absolute Gasteiger partial charge is 0.371 e. The van der Waals surface area contributed by atoms with Crippen molar-refractivity contribution in [2.75, 3.05) is 11.9 Å². The highest BCUT2D eigenvalue weighted by atomic mass is 19.1. The Labute approximate surface area is 108 Å². The van der Waals surface area contributed by atoms with Crippen molar-refractivity contribution in [3.05, 3.63) is 29.6 Å². The van der Waals surface area contributed by atoms with E-state index in [2.05, 4.69) is 11.0 Å². The molecule has 1 saturated carbocycles. The van der Waals surface area contributed by atoms with Gasteiger partial charge in [-0.05, 0) is 31.0 Å². The zero-order valence-corrected chi connectivity index (χ0v) is 10.8. The summed E-state index contributed by atoms with van der Waals surface area (Å²) in [4.78, 5) is 2.16. The third-order valence-electron chi connectivity index (χ3n) is 3.83. The van der Waals surface area contributed by atoms with Gasteiger partial charge in [0.2, 0.25) is 0 Å². The second-order valence-electron chi connectivity index (χ2n) is 5.03. The molecule has 3 heteroatoms. The first kappa shape index (κ1) is 12.9. The first-order valence-corrected chi connectivity index (χ1v) is 6.65. The third-order valence-corrected chi connectivity index (χ3v) is 3.83. The number of hydrogen-bond acceptors (Lipinski definition) is 2. The lowest BCUT2D eigenvalue weighted by Crippen LogP contribution is -2.31. The van der Waals surface area contributed by atoms with Crippen molar-refractivity contribution in [1.29, 1.82) is 5.26 Å². The summed E-state index contributed by atoms with van der Waals surface area (Å²) in [6.07, 6.45) is 7.44. The molecule has 0 saturated heterocycles. The highest BCUT2D eigenvalue weighted by Gasteiger charge is 2.19. The van der Waals surface area contributed by atoms with Crippen molar-refractivity contribution in [2.45, 2.75) is 44.6 Å². The van der Waals surface area contributed by atoms with Gasteiger partial charge in [0.15, 0.2) is 0 Å². The second kappa shape index (κ2) is 5.86. The average molecular weight is 246 g/mol. The van der Waals surface area contributed by atoms with E-state index in [1.807, 2.05) is 7.05 Å². The number of hydrogen-bond donors (Lipinski definition) is 0. The molecule has 0 amide bonds. The van der Waals surface area contributed by atoms with Gasteiger partial charge in [-0.1, -0.05) is 25.7 Å². The highest BCUT2D eigenvalue weighted by Crippen LogP contribution is 2.28. The van der Waals surface area contributed by atoms with E-state index in [9.17, 15) is 4.39 Å². The van der Waals surface area contributed by atoms with Crippen LogP contribution in [-0.4, -0.2) is 13.1 Å². The number of halogens is 1. The maximum absolute atomic E-state index is 13.1. The molecule has 0 N–H and O–H groups in total. The van der Waals surface area contributed by atoms with E-state index in [4.69, 9.17) is 5.26 Å². The van der Waals surface area contributed by atoms with Crippen LogP contribution in [0, 0.1) is 17.1 Å².